The molecule has 0 spiro atoms. The fourth-order valence-corrected chi connectivity index (χ4v) is 3.97. The van der Waals surface area contributed by atoms with Crippen LogP contribution in [0.5, 0.6) is 5.75 Å². The SMILES string of the molecule is CCNC(=NCc1ccc(OC)c(NC(C)=O)c1)NCC(c1ccco1)N1CCCCC1. The van der Waals surface area contributed by atoms with Crippen molar-refractivity contribution in [1.82, 2.24) is 15.5 Å². The van der Waals surface area contributed by atoms with Gasteiger partial charge in [0.25, 0.3) is 0 Å². The number of hydrogen-bond donors (Lipinski definition) is 3. The first-order valence-electron chi connectivity index (χ1n) is 11.3. The zero-order valence-corrected chi connectivity index (χ0v) is 19.3. The Morgan fingerprint density at radius 2 is 2.03 bits per heavy atom. The van der Waals surface area contributed by atoms with Gasteiger partial charge in [0.2, 0.25) is 5.91 Å². The number of carbonyl (C=O) groups is 1. The molecule has 1 saturated heterocycles. The van der Waals surface area contributed by atoms with Crippen molar-refractivity contribution in [3.05, 3.63) is 47.9 Å². The number of benzene rings is 1. The highest BCUT2D eigenvalue weighted by Crippen LogP contribution is 2.26. The number of amides is 1. The van der Waals surface area contributed by atoms with Crippen molar-refractivity contribution in [1.29, 1.82) is 0 Å². The summed E-state index contributed by atoms with van der Waals surface area (Å²) < 4.78 is 11.1. The molecule has 1 amide bonds. The van der Waals surface area contributed by atoms with Gasteiger partial charge in [-0.05, 0) is 62.7 Å². The van der Waals surface area contributed by atoms with Crippen molar-refractivity contribution in [2.45, 2.75) is 45.7 Å². The quantitative estimate of drug-likeness (QED) is 0.407. The molecule has 0 aliphatic carbocycles. The highest BCUT2D eigenvalue weighted by molar-refractivity contribution is 5.90. The maximum absolute atomic E-state index is 11.5. The molecule has 1 fully saturated rings. The lowest BCUT2D eigenvalue weighted by Crippen LogP contribution is -2.44. The molecule has 3 N–H and O–H groups in total. The van der Waals surface area contributed by atoms with Gasteiger partial charge in [0.05, 0.1) is 31.6 Å². The number of guanidine groups is 1. The van der Waals surface area contributed by atoms with Crippen molar-refractivity contribution in [3.63, 3.8) is 0 Å². The number of methoxy groups -OCH3 is 1. The third kappa shape index (κ3) is 6.75. The van der Waals surface area contributed by atoms with Crippen LogP contribution in [0.4, 0.5) is 5.69 Å². The third-order valence-corrected chi connectivity index (χ3v) is 5.50. The molecule has 0 saturated carbocycles. The van der Waals surface area contributed by atoms with Crippen LogP contribution in [0.1, 0.15) is 50.5 Å². The number of likely N-dealkylation sites (tertiary alicyclic amines) is 1. The number of nitrogens with zero attached hydrogens (tertiary/aromatic N) is 2. The Morgan fingerprint density at radius 3 is 2.69 bits per heavy atom. The highest BCUT2D eigenvalue weighted by Gasteiger charge is 2.24. The van der Waals surface area contributed by atoms with Gasteiger partial charge in [-0.3, -0.25) is 9.69 Å². The molecule has 0 bridgehead atoms. The molecule has 2 aromatic rings. The Balaban J connectivity index is 1.69. The maximum atomic E-state index is 11.5. The van der Waals surface area contributed by atoms with Gasteiger partial charge in [-0.1, -0.05) is 12.5 Å². The zero-order chi connectivity index (χ0) is 22.8. The van der Waals surface area contributed by atoms with E-state index in [2.05, 4.69) is 20.9 Å². The predicted molar refractivity (Wildman–Crippen MR) is 127 cm³/mol. The predicted octanol–water partition coefficient (Wildman–Crippen LogP) is 3.53. The van der Waals surface area contributed by atoms with Gasteiger partial charge in [0, 0.05) is 20.0 Å². The van der Waals surface area contributed by atoms with Gasteiger partial charge in [0.1, 0.15) is 11.5 Å². The third-order valence-electron chi connectivity index (χ3n) is 5.50. The summed E-state index contributed by atoms with van der Waals surface area (Å²) in [6.07, 6.45) is 5.47. The average molecular weight is 442 g/mol. The van der Waals surface area contributed by atoms with Gasteiger partial charge >= 0.3 is 0 Å². The molecular formula is C24H35N5O3. The molecule has 174 valence electrons. The number of piperidine rings is 1. The summed E-state index contributed by atoms with van der Waals surface area (Å²) >= 11 is 0. The van der Waals surface area contributed by atoms with E-state index in [1.807, 2.05) is 37.3 Å². The molecule has 3 rings (SSSR count). The number of nitrogens with one attached hydrogen (secondary N) is 3. The minimum Gasteiger partial charge on any atom is -0.495 e. The van der Waals surface area contributed by atoms with Crippen LogP contribution in [0.2, 0.25) is 0 Å². The minimum absolute atomic E-state index is 0.138. The second-order valence-electron chi connectivity index (χ2n) is 7.92. The molecule has 1 aromatic carbocycles. The number of ether oxygens (including phenoxy) is 1. The molecule has 0 radical (unpaired) electrons. The van der Waals surface area contributed by atoms with Crippen LogP contribution in [0.3, 0.4) is 0 Å². The van der Waals surface area contributed by atoms with E-state index in [0.717, 1.165) is 36.9 Å². The molecular weight excluding hydrogens is 406 g/mol. The maximum Gasteiger partial charge on any atom is 0.221 e. The van der Waals surface area contributed by atoms with Crippen molar-refractivity contribution in [3.8, 4) is 5.75 Å². The summed E-state index contributed by atoms with van der Waals surface area (Å²) in [5.74, 6) is 2.21. The van der Waals surface area contributed by atoms with Gasteiger partial charge in [-0.15, -0.1) is 0 Å². The van der Waals surface area contributed by atoms with E-state index >= 15 is 0 Å². The van der Waals surface area contributed by atoms with Crippen LogP contribution in [0.15, 0.2) is 46.0 Å². The lowest BCUT2D eigenvalue weighted by molar-refractivity contribution is -0.114. The Labute approximate surface area is 190 Å². The van der Waals surface area contributed by atoms with E-state index in [9.17, 15) is 4.79 Å². The van der Waals surface area contributed by atoms with Crippen LogP contribution < -0.4 is 20.7 Å². The average Bonchev–Trinajstić information content (AvgIpc) is 3.32. The van der Waals surface area contributed by atoms with Crippen LogP contribution in [-0.2, 0) is 11.3 Å². The fourth-order valence-electron chi connectivity index (χ4n) is 3.97. The molecule has 1 unspecified atom stereocenters. The van der Waals surface area contributed by atoms with E-state index in [1.54, 1.807) is 13.4 Å². The molecule has 8 heteroatoms. The summed E-state index contributed by atoms with van der Waals surface area (Å²) in [4.78, 5) is 18.7. The fraction of sp³-hybridized carbons (Fsp3) is 0.500. The number of rotatable bonds is 9. The van der Waals surface area contributed by atoms with E-state index in [1.165, 1.54) is 26.2 Å². The number of carbonyl (C=O) groups excluding carboxylic acids is 1. The Bertz CT molecular complexity index is 876. The van der Waals surface area contributed by atoms with Crippen molar-refractivity contribution in [2.75, 3.05) is 38.6 Å². The Morgan fingerprint density at radius 1 is 1.22 bits per heavy atom. The number of aliphatic imine (C=N–C) groups is 1. The first-order valence-corrected chi connectivity index (χ1v) is 11.3. The second kappa shape index (κ2) is 12.1. The lowest BCUT2D eigenvalue weighted by atomic mass is 10.1. The molecule has 1 aliphatic heterocycles. The number of anilines is 1. The lowest BCUT2D eigenvalue weighted by Gasteiger charge is -2.33. The Kier molecular flexibility index (Phi) is 8.98. The van der Waals surface area contributed by atoms with Gasteiger partial charge in [-0.25, -0.2) is 4.99 Å². The number of hydrogen-bond acceptors (Lipinski definition) is 5. The standard InChI is InChI=1S/C24H35N5O3/c1-4-25-24(26-16-19-10-11-22(31-3)20(15-19)28-18(2)30)27-17-21(23-9-8-14-32-23)29-12-6-5-7-13-29/h8-11,14-15,21H,4-7,12-13,16-17H2,1-3H3,(H,28,30)(H2,25,26,27). The summed E-state index contributed by atoms with van der Waals surface area (Å²) in [5, 5.41) is 9.62. The van der Waals surface area contributed by atoms with Crippen LogP contribution in [-0.4, -0.2) is 50.1 Å². The van der Waals surface area contributed by atoms with Crippen LogP contribution in [0.25, 0.3) is 0 Å². The van der Waals surface area contributed by atoms with E-state index in [4.69, 9.17) is 14.1 Å². The first-order chi connectivity index (χ1) is 15.6. The van der Waals surface area contributed by atoms with Crippen molar-refractivity contribution >= 4 is 17.6 Å². The normalized spacial score (nSPS) is 15.8. The van der Waals surface area contributed by atoms with Gasteiger partial charge < -0.3 is 25.1 Å². The van der Waals surface area contributed by atoms with Crippen molar-refractivity contribution < 1.29 is 13.9 Å². The molecule has 1 atom stereocenters. The first kappa shape index (κ1) is 23.7. The topological polar surface area (TPSA) is 91.1 Å². The molecule has 1 aliphatic rings. The van der Waals surface area contributed by atoms with Gasteiger partial charge in [0.15, 0.2) is 5.96 Å². The molecule has 1 aromatic heterocycles. The van der Waals surface area contributed by atoms with Crippen LogP contribution in [0, 0.1) is 0 Å². The number of furan rings is 1. The molecule has 8 nitrogen and oxygen atoms in total. The van der Waals surface area contributed by atoms with Gasteiger partial charge in [-0.2, -0.15) is 0 Å². The Hall–Kier alpha value is -3.00. The highest BCUT2D eigenvalue weighted by atomic mass is 16.5. The molecule has 32 heavy (non-hydrogen) atoms. The summed E-state index contributed by atoms with van der Waals surface area (Å²) in [6.45, 7) is 7.64. The summed E-state index contributed by atoms with van der Waals surface area (Å²) in [7, 11) is 1.59. The summed E-state index contributed by atoms with van der Waals surface area (Å²) in [6, 6.07) is 9.86. The smallest absolute Gasteiger partial charge is 0.221 e. The second-order valence-corrected chi connectivity index (χ2v) is 7.92. The van der Waals surface area contributed by atoms with Crippen LogP contribution >= 0.6 is 0 Å². The monoisotopic (exact) mass is 441 g/mol. The van der Waals surface area contributed by atoms with E-state index in [-0.39, 0.29) is 11.9 Å². The minimum atomic E-state index is -0.138. The van der Waals surface area contributed by atoms with Crippen molar-refractivity contribution in [2.24, 2.45) is 4.99 Å². The van der Waals surface area contributed by atoms with E-state index < -0.39 is 0 Å². The largest absolute Gasteiger partial charge is 0.495 e. The zero-order valence-electron chi connectivity index (χ0n) is 19.3. The van der Waals surface area contributed by atoms with E-state index in [0.29, 0.717) is 24.5 Å². The molecule has 2 heterocycles. The summed E-state index contributed by atoms with van der Waals surface area (Å²) in [5.41, 5.74) is 1.62.